The van der Waals surface area contributed by atoms with Gasteiger partial charge in [0.15, 0.2) is 0 Å². The van der Waals surface area contributed by atoms with Crippen LogP contribution in [0, 0.1) is 11.8 Å². The molecule has 6 aromatic rings. The van der Waals surface area contributed by atoms with Gasteiger partial charge >= 0.3 is 0 Å². The maximum Gasteiger partial charge on any atom is 0.0462 e. The van der Waals surface area contributed by atoms with Crippen molar-refractivity contribution in [1.82, 2.24) is 0 Å². The predicted octanol–water partition coefficient (Wildman–Crippen LogP) is 11.9. The minimum Gasteiger partial charge on any atom is -0.366 e. The Labute approximate surface area is 279 Å². The first-order chi connectivity index (χ1) is 23.2. The molecule has 2 heteroatoms. The quantitative estimate of drug-likeness (QED) is 0.178. The Morgan fingerprint density at radius 2 is 0.660 bits per heavy atom. The second kappa shape index (κ2) is 11.9. The van der Waals surface area contributed by atoms with E-state index >= 15 is 0 Å². The summed E-state index contributed by atoms with van der Waals surface area (Å²) < 4.78 is 0. The van der Waals surface area contributed by atoms with E-state index in [1.807, 2.05) is 0 Å². The monoisotopic (exact) mass is 608 g/mol. The number of piperidine rings is 2. The average molecular weight is 609 g/mol. The molecule has 0 radical (unpaired) electrons. The predicted molar refractivity (Wildman–Crippen MR) is 198 cm³/mol. The van der Waals surface area contributed by atoms with Crippen molar-refractivity contribution in [2.24, 2.45) is 11.8 Å². The van der Waals surface area contributed by atoms with Crippen LogP contribution in [-0.2, 0) is 0 Å². The number of nitrogens with zero attached hydrogens (tertiary/aromatic N) is 2. The third-order valence-corrected chi connectivity index (χ3v) is 11.0. The first-order valence-corrected chi connectivity index (χ1v) is 17.4. The zero-order valence-electron chi connectivity index (χ0n) is 26.8. The lowest BCUT2D eigenvalue weighted by Gasteiger charge is -2.57. The van der Waals surface area contributed by atoms with Gasteiger partial charge in [0.1, 0.15) is 0 Å². The maximum atomic E-state index is 2.78. The normalized spacial score (nSPS) is 21.1. The van der Waals surface area contributed by atoms with E-state index in [9.17, 15) is 0 Å². The second-order valence-electron chi connectivity index (χ2n) is 13.9. The average Bonchev–Trinajstić information content (AvgIpc) is 3.13. The molecule has 0 aromatic heterocycles. The lowest BCUT2D eigenvalue weighted by atomic mass is 9.63. The van der Waals surface area contributed by atoms with Crippen LogP contribution in [0.2, 0.25) is 0 Å². The van der Waals surface area contributed by atoms with E-state index in [0.29, 0.717) is 0 Å². The van der Waals surface area contributed by atoms with Crippen LogP contribution in [0.5, 0.6) is 0 Å². The molecule has 4 fully saturated rings. The fourth-order valence-electron chi connectivity index (χ4n) is 8.90. The number of rotatable bonds is 7. The number of anilines is 4. The first-order valence-electron chi connectivity index (χ1n) is 17.4. The Kier molecular flexibility index (Phi) is 7.15. The number of hydrogen-bond donors (Lipinski definition) is 0. The van der Waals surface area contributed by atoms with Crippen molar-refractivity contribution >= 4 is 22.7 Å². The van der Waals surface area contributed by atoms with Crippen LogP contribution in [0.15, 0.2) is 158 Å². The molecule has 2 nitrogen and oxygen atoms in total. The minimum absolute atomic E-state index is 0.755. The third kappa shape index (κ3) is 5.42. The van der Waals surface area contributed by atoms with Crippen molar-refractivity contribution in [2.45, 2.75) is 44.2 Å². The summed E-state index contributed by atoms with van der Waals surface area (Å²) in [5, 5.41) is 0. The van der Waals surface area contributed by atoms with E-state index in [1.54, 1.807) is 0 Å². The molecule has 4 bridgehead atoms. The lowest BCUT2D eigenvalue weighted by molar-refractivity contribution is 0.0900. The molecule has 2 saturated heterocycles. The van der Waals surface area contributed by atoms with Gasteiger partial charge in [-0.1, -0.05) is 109 Å². The van der Waals surface area contributed by atoms with Crippen molar-refractivity contribution in [1.29, 1.82) is 0 Å². The molecule has 2 saturated carbocycles. The molecule has 6 aromatic carbocycles. The van der Waals surface area contributed by atoms with E-state index in [0.717, 1.165) is 41.0 Å². The van der Waals surface area contributed by atoms with Gasteiger partial charge in [0, 0.05) is 34.8 Å². The van der Waals surface area contributed by atoms with Gasteiger partial charge in [0.2, 0.25) is 0 Å². The first kappa shape index (κ1) is 28.2. The van der Waals surface area contributed by atoms with Crippen molar-refractivity contribution in [3.8, 4) is 33.4 Å². The summed E-state index contributed by atoms with van der Waals surface area (Å²) in [4.78, 5) is 5.14. The number of benzene rings is 6. The Morgan fingerprint density at radius 1 is 0.340 bits per heavy atom. The van der Waals surface area contributed by atoms with E-state index in [4.69, 9.17) is 0 Å². The molecule has 0 atom stereocenters. The van der Waals surface area contributed by atoms with Gasteiger partial charge < -0.3 is 9.80 Å². The van der Waals surface area contributed by atoms with Gasteiger partial charge in [0.05, 0.1) is 0 Å². The van der Waals surface area contributed by atoms with E-state index in [2.05, 4.69) is 168 Å². The van der Waals surface area contributed by atoms with Crippen molar-refractivity contribution in [2.75, 3.05) is 9.80 Å². The fraction of sp³-hybridized carbons (Fsp3) is 0.200. The molecule has 0 amide bonds. The molecule has 2 aliphatic carbocycles. The standard InChI is InChI=1S/C45H40N2/c1-3-7-34(8-4-1)36-11-19-40(20-12-36)46(41-21-13-37(14-22-41)35-9-5-2-6-10-35)42-23-15-38(16-24-42)39-17-25-43(26-18-39)47-44-28-32-27-33(30-44)31-45(47)29-32/h1-26,32-33,44-45H,27-31H2. The summed E-state index contributed by atoms with van der Waals surface area (Å²) in [6.07, 6.45) is 7.09. The van der Waals surface area contributed by atoms with E-state index in [1.165, 1.54) is 71.2 Å². The highest BCUT2D eigenvalue weighted by atomic mass is 15.2. The highest BCUT2D eigenvalue weighted by Crippen LogP contribution is 2.50. The molecule has 2 heterocycles. The molecular weight excluding hydrogens is 569 g/mol. The van der Waals surface area contributed by atoms with E-state index in [-0.39, 0.29) is 0 Å². The van der Waals surface area contributed by atoms with Crippen molar-refractivity contribution in [3.05, 3.63) is 158 Å². The van der Waals surface area contributed by atoms with Crippen LogP contribution in [0.1, 0.15) is 32.1 Å². The Morgan fingerprint density at radius 3 is 1.02 bits per heavy atom. The topological polar surface area (TPSA) is 6.48 Å². The SMILES string of the molecule is c1ccc(-c2ccc(N(c3ccc(-c4ccccc4)cc3)c3ccc(-c4ccc(N5C6CC7CC(C6)CC5C7)cc4)cc3)cc2)cc1. The van der Waals surface area contributed by atoms with Crippen LogP contribution in [0.3, 0.4) is 0 Å². The Hall–Kier alpha value is -5.08. The van der Waals surface area contributed by atoms with E-state index < -0.39 is 0 Å². The van der Waals surface area contributed by atoms with Crippen LogP contribution < -0.4 is 9.80 Å². The van der Waals surface area contributed by atoms with Crippen LogP contribution in [0.25, 0.3) is 33.4 Å². The number of hydrogen-bond acceptors (Lipinski definition) is 2. The molecule has 0 unspecified atom stereocenters. The highest BCUT2D eigenvalue weighted by Gasteiger charge is 2.46. The van der Waals surface area contributed by atoms with Crippen molar-refractivity contribution in [3.63, 3.8) is 0 Å². The minimum atomic E-state index is 0.755. The summed E-state index contributed by atoms with van der Waals surface area (Å²) in [6, 6.07) is 59.0. The van der Waals surface area contributed by atoms with Gasteiger partial charge in [-0.25, -0.2) is 0 Å². The molecule has 0 spiro atoms. The van der Waals surface area contributed by atoms with Crippen LogP contribution in [-0.4, -0.2) is 12.1 Å². The Bertz CT molecular complexity index is 1830. The molecule has 2 aliphatic heterocycles. The molecule has 4 aliphatic rings. The summed E-state index contributed by atoms with van der Waals surface area (Å²) in [6.45, 7) is 0. The zero-order chi connectivity index (χ0) is 31.2. The van der Waals surface area contributed by atoms with Crippen LogP contribution >= 0.6 is 0 Å². The van der Waals surface area contributed by atoms with Gasteiger partial charge in [0.25, 0.3) is 0 Å². The second-order valence-corrected chi connectivity index (χ2v) is 13.9. The third-order valence-electron chi connectivity index (χ3n) is 11.0. The fourth-order valence-corrected chi connectivity index (χ4v) is 8.90. The largest absolute Gasteiger partial charge is 0.366 e. The molecule has 230 valence electrons. The summed E-state index contributed by atoms with van der Waals surface area (Å²) in [7, 11) is 0. The zero-order valence-corrected chi connectivity index (χ0v) is 26.8. The van der Waals surface area contributed by atoms with Crippen molar-refractivity contribution < 1.29 is 0 Å². The maximum absolute atomic E-state index is 2.78. The summed E-state index contributed by atoms with van der Waals surface area (Å²) >= 11 is 0. The molecule has 0 N–H and O–H groups in total. The molecular formula is C45H40N2. The highest BCUT2D eigenvalue weighted by molar-refractivity contribution is 5.81. The summed E-state index contributed by atoms with van der Waals surface area (Å²) in [5.41, 5.74) is 12.3. The van der Waals surface area contributed by atoms with Gasteiger partial charge in [-0.2, -0.15) is 0 Å². The lowest BCUT2D eigenvalue weighted by Crippen LogP contribution is -2.58. The van der Waals surface area contributed by atoms with Gasteiger partial charge in [-0.15, -0.1) is 0 Å². The molecule has 10 rings (SSSR count). The van der Waals surface area contributed by atoms with Gasteiger partial charge in [-0.05, 0) is 126 Å². The smallest absolute Gasteiger partial charge is 0.0462 e. The summed E-state index contributed by atoms with van der Waals surface area (Å²) in [5.74, 6) is 1.96. The molecule has 47 heavy (non-hydrogen) atoms. The van der Waals surface area contributed by atoms with Crippen LogP contribution in [0.4, 0.5) is 22.7 Å². The Balaban J connectivity index is 1.01. The van der Waals surface area contributed by atoms with Gasteiger partial charge in [-0.3, -0.25) is 0 Å².